The molecular weight excluding hydrogens is 332 g/mol. The van der Waals surface area contributed by atoms with Crippen LogP contribution in [0.15, 0.2) is 12.1 Å². The first-order chi connectivity index (χ1) is 11.2. The number of rotatable bonds is 1. The Morgan fingerprint density at radius 1 is 1.33 bits per heavy atom. The molecule has 2 aliphatic rings. The standard InChI is InChI=1S/C17H18N2O4.ClH/c1-3-21-17(20)19-5-4-13-12(8-19)10(2)11-6-15-16(23-9-22-15)7-14(11)18-13;/h6-7H,3-5,8-9H2,1-2H3;1H. The van der Waals surface area contributed by atoms with Gasteiger partial charge in [-0.2, -0.15) is 0 Å². The predicted octanol–water partition coefficient (Wildman–Crippen LogP) is 3.21. The lowest BCUT2D eigenvalue weighted by Crippen LogP contribution is -2.37. The van der Waals surface area contributed by atoms with E-state index in [1.807, 2.05) is 19.1 Å². The number of nitrogens with zero attached hydrogens (tertiary/aromatic N) is 2. The number of aromatic nitrogens is 1. The Hall–Kier alpha value is -2.21. The van der Waals surface area contributed by atoms with E-state index in [0.717, 1.165) is 45.6 Å². The van der Waals surface area contributed by atoms with Crippen molar-refractivity contribution in [3.63, 3.8) is 0 Å². The lowest BCUT2D eigenvalue weighted by Gasteiger charge is -2.29. The molecule has 24 heavy (non-hydrogen) atoms. The summed E-state index contributed by atoms with van der Waals surface area (Å²) < 4.78 is 16.0. The minimum atomic E-state index is -0.261. The number of aryl methyl sites for hydroxylation is 1. The van der Waals surface area contributed by atoms with E-state index in [1.54, 1.807) is 4.90 Å². The highest BCUT2D eigenvalue weighted by Crippen LogP contribution is 2.38. The number of ether oxygens (including phenoxy) is 3. The number of amides is 1. The second kappa shape index (κ2) is 6.36. The number of benzene rings is 1. The van der Waals surface area contributed by atoms with Crippen LogP contribution in [0, 0.1) is 6.92 Å². The van der Waals surface area contributed by atoms with Crippen molar-refractivity contribution in [2.45, 2.75) is 26.8 Å². The van der Waals surface area contributed by atoms with Gasteiger partial charge >= 0.3 is 6.09 Å². The van der Waals surface area contributed by atoms with Crippen LogP contribution in [0.1, 0.15) is 23.7 Å². The summed E-state index contributed by atoms with van der Waals surface area (Å²) in [4.78, 5) is 18.5. The average molecular weight is 351 g/mol. The Morgan fingerprint density at radius 3 is 2.83 bits per heavy atom. The third-order valence-electron chi connectivity index (χ3n) is 4.44. The first kappa shape index (κ1) is 16.6. The van der Waals surface area contributed by atoms with Crippen molar-refractivity contribution < 1.29 is 19.0 Å². The molecule has 0 unspecified atom stereocenters. The van der Waals surface area contributed by atoms with Crippen molar-refractivity contribution >= 4 is 29.4 Å². The van der Waals surface area contributed by atoms with E-state index in [-0.39, 0.29) is 25.3 Å². The van der Waals surface area contributed by atoms with E-state index in [9.17, 15) is 4.79 Å². The molecule has 3 heterocycles. The molecule has 0 aliphatic carbocycles. The SMILES string of the molecule is CCOC(=O)N1CCc2nc3cc4c(cc3c(C)c2C1)OCO4.Cl. The van der Waals surface area contributed by atoms with Crippen LogP contribution in [0.2, 0.25) is 0 Å². The summed E-state index contributed by atoms with van der Waals surface area (Å²) in [5, 5.41) is 1.04. The second-order valence-corrected chi connectivity index (χ2v) is 5.76. The van der Waals surface area contributed by atoms with Crippen molar-refractivity contribution in [3.05, 3.63) is 29.0 Å². The van der Waals surface area contributed by atoms with Gasteiger partial charge in [0.05, 0.1) is 18.7 Å². The lowest BCUT2D eigenvalue weighted by molar-refractivity contribution is 0.102. The number of halogens is 1. The maximum Gasteiger partial charge on any atom is 0.410 e. The van der Waals surface area contributed by atoms with Gasteiger partial charge in [0.15, 0.2) is 11.5 Å². The fraction of sp³-hybridized carbons (Fsp3) is 0.412. The Morgan fingerprint density at radius 2 is 2.08 bits per heavy atom. The van der Waals surface area contributed by atoms with Crippen molar-refractivity contribution in [2.24, 2.45) is 0 Å². The maximum absolute atomic E-state index is 12.0. The van der Waals surface area contributed by atoms with E-state index in [2.05, 4.69) is 6.92 Å². The molecule has 1 aromatic heterocycles. The summed E-state index contributed by atoms with van der Waals surface area (Å²) in [7, 11) is 0. The van der Waals surface area contributed by atoms with Gasteiger partial charge in [-0.15, -0.1) is 12.4 Å². The number of fused-ring (bicyclic) bond motifs is 3. The molecule has 4 rings (SSSR count). The highest BCUT2D eigenvalue weighted by Gasteiger charge is 2.26. The molecule has 0 saturated carbocycles. The van der Waals surface area contributed by atoms with Crippen LogP contribution in [0.25, 0.3) is 10.9 Å². The van der Waals surface area contributed by atoms with Gasteiger partial charge in [-0.05, 0) is 31.0 Å². The monoisotopic (exact) mass is 350 g/mol. The largest absolute Gasteiger partial charge is 0.454 e. The molecule has 6 nitrogen and oxygen atoms in total. The molecule has 1 amide bonds. The van der Waals surface area contributed by atoms with Crippen molar-refractivity contribution in [1.29, 1.82) is 0 Å². The Balaban J connectivity index is 0.00000169. The summed E-state index contributed by atoms with van der Waals surface area (Å²) in [6, 6.07) is 3.91. The number of hydrogen-bond donors (Lipinski definition) is 0. The van der Waals surface area contributed by atoms with Crippen LogP contribution in [0.5, 0.6) is 11.5 Å². The lowest BCUT2D eigenvalue weighted by atomic mass is 9.97. The summed E-state index contributed by atoms with van der Waals surface area (Å²) in [6.07, 6.45) is 0.475. The van der Waals surface area contributed by atoms with Crippen LogP contribution in [0.3, 0.4) is 0 Å². The first-order valence-electron chi connectivity index (χ1n) is 7.80. The number of hydrogen-bond acceptors (Lipinski definition) is 5. The fourth-order valence-electron chi connectivity index (χ4n) is 3.21. The third kappa shape index (κ3) is 2.60. The summed E-state index contributed by atoms with van der Waals surface area (Å²) in [6.45, 7) is 5.70. The summed E-state index contributed by atoms with van der Waals surface area (Å²) in [5.74, 6) is 1.49. The second-order valence-electron chi connectivity index (χ2n) is 5.76. The highest BCUT2D eigenvalue weighted by molar-refractivity contribution is 5.87. The van der Waals surface area contributed by atoms with Crippen LogP contribution >= 0.6 is 12.4 Å². The van der Waals surface area contributed by atoms with E-state index < -0.39 is 0 Å². The molecule has 0 saturated heterocycles. The predicted molar refractivity (Wildman–Crippen MR) is 91.0 cm³/mol. The molecule has 0 radical (unpaired) electrons. The van der Waals surface area contributed by atoms with Gasteiger partial charge in [0, 0.05) is 30.1 Å². The Labute approximate surface area is 146 Å². The smallest absolute Gasteiger partial charge is 0.410 e. The minimum absolute atomic E-state index is 0. The van der Waals surface area contributed by atoms with Crippen LogP contribution in [0.4, 0.5) is 4.79 Å². The van der Waals surface area contributed by atoms with Gasteiger partial charge in [-0.3, -0.25) is 4.98 Å². The molecule has 0 spiro atoms. The zero-order chi connectivity index (χ0) is 16.0. The molecule has 1 aromatic carbocycles. The maximum atomic E-state index is 12.0. The van der Waals surface area contributed by atoms with Gasteiger partial charge in [0.1, 0.15) is 0 Å². The molecule has 0 atom stereocenters. The van der Waals surface area contributed by atoms with Crippen LogP contribution in [-0.2, 0) is 17.7 Å². The number of carbonyl (C=O) groups is 1. The number of pyridine rings is 1. The number of carbonyl (C=O) groups excluding carboxylic acids is 1. The van der Waals surface area contributed by atoms with Gasteiger partial charge in [0.25, 0.3) is 0 Å². The molecular formula is C17H19ClN2O4. The fourth-order valence-corrected chi connectivity index (χ4v) is 3.21. The zero-order valence-electron chi connectivity index (χ0n) is 13.6. The average Bonchev–Trinajstić information content (AvgIpc) is 3.01. The van der Waals surface area contributed by atoms with E-state index >= 15 is 0 Å². The van der Waals surface area contributed by atoms with Crippen molar-refractivity contribution in [2.75, 3.05) is 19.9 Å². The summed E-state index contributed by atoms with van der Waals surface area (Å²) in [5.41, 5.74) is 4.21. The van der Waals surface area contributed by atoms with Crippen LogP contribution < -0.4 is 9.47 Å². The van der Waals surface area contributed by atoms with E-state index in [0.29, 0.717) is 19.7 Å². The molecule has 7 heteroatoms. The van der Waals surface area contributed by atoms with Gasteiger partial charge in [-0.25, -0.2) is 4.79 Å². The minimum Gasteiger partial charge on any atom is -0.454 e. The normalized spacial score (nSPS) is 15.0. The van der Waals surface area contributed by atoms with Gasteiger partial charge in [-0.1, -0.05) is 0 Å². The molecule has 0 N–H and O–H groups in total. The van der Waals surface area contributed by atoms with Gasteiger partial charge in [0.2, 0.25) is 6.79 Å². The molecule has 128 valence electrons. The molecule has 0 bridgehead atoms. The van der Waals surface area contributed by atoms with Crippen molar-refractivity contribution in [3.8, 4) is 11.5 Å². The zero-order valence-corrected chi connectivity index (χ0v) is 14.4. The van der Waals surface area contributed by atoms with E-state index in [1.165, 1.54) is 0 Å². The quantitative estimate of drug-likeness (QED) is 0.790. The molecule has 2 aromatic rings. The first-order valence-corrected chi connectivity index (χ1v) is 7.80. The Kier molecular flexibility index (Phi) is 4.41. The molecule has 2 aliphatic heterocycles. The third-order valence-corrected chi connectivity index (χ3v) is 4.44. The molecule has 0 fully saturated rings. The highest BCUT2D eigenvalue weighted by atomic mass is 35.5. The van der Waals surface area contributed by atoms with Gasteiger partial charge < -0.3 is 19.1 Å². The van der Waals surface area contributed by atoms with Crippen LogP contribution in [-0.4, -0.2) is 35.9 Å². The Bertz CT molecular complexity index is 809. The topological polar surface area (TPSA) is 60.9 Å². The van der Waals surface area contributed by atoms with Crippen molar-refractivity contribution in [1.82, 2.24) is 9.88 Å². The summed E-state index contributed by atoms with van der Waals surface area (Å²) >= 11 is 0. The van der Waals surface area contributed by atoms with E-state index in [4.69, 9.17) is 19.2 Å².